The van der Waals surface area contributed by atoms with Crippen molar-refractivity contribution in [3.63, 3.8) is 0 Å². The number of carbonyl (C=O) groups is 3. The monoisotopic (exact) mass is 503 g/mol. The predicted molar refractivity (Wildman–Crippen MR) is 133 cm³/mol. The molecule has 2 aromatic carbocycles. The summed E-state index contributed by atoms with van der Waals surface area (Å²) in [6, 6.07) is 15.4. The lowest BCUT2D eigenvalue weighted by Gasteiger charge is -2.13. The van der Waals surface area contributed by atoms with Crippen LogP contribution in [0.1, 0.15) is 66.4 Å². The van der Waals surface area contributed by atoms with Crippen LogP contribution in [-0.2, 0) is 24.4 Å². The molecule has 0 saturated carbocycles. The number of unbranched alkanes of at least 4 members (excludes halogenated alkanes) is 2. The maximum Gasteiger partial charge on any atom is 0.240 e. The van der Waals surface area contributed by atoms with Crippen LogP contribution >= 0.6 is 0 Å². The summed E-state index contributed by atoms with van der Waals surface area (Å²) in [4.78, 5) is 41.1. The lowest BCUT2D eigenvalue weighted by Crippen LogP contribution is -2.35. The Kier molecular flexibility index (Phi) is 11.5. The zero-order chi connectivity index (χ0) is 25.7. The van der Waals surface area contributed by atoms with Gasteiger partial charge < -0.3 is 10.2 Å². The molecule has 9 nitrogen and oxygen atoms in total. The maximum absolute atomic E-state index is 12.5. The lowest BCUT2D eigenvalue weighted by atomic mass is 9.97. The zero-order valence-corrected chi connectivity index (χ0v) is 20.7. The molecule has 0 aromatic heterocycles. The topological polar surface area (TPSA) is 145 Å². The third kappa shape index (κ3) is 9.97. The second kappa shape index (κ2) is 14.3. The first-order valence-corrected chi connectivity index (χ1v) is 13.2. The second-order valence-electron chi connectivity index (χ2n) is 8.21. The molecule has 2 rings (SSSR count). The summed E-state index contributed by atoms with van der Waals surface area (Å²) in [6.07, 6.45) is 2.35. The van der Waals surface area contributed by atoms with E-state index in [9.17, 15) is 22.8 Å². The quantitative estimate of drug-likeness (QED) is 0.192. The van der Waals surface area contributed by atoms with Crippen molar-refractivity contribution in [2.24, 2.45) is 5.90 Å². The fourth-order valence-corrected chi connectivity index (χ4v) is 4.52. The third-order valence-corrected chi connectivity index (χ3v) is 6.77. The van der Waals surface area contributed by atoms with Crippen molar-refractivity contribution in [1.29, 1.82) is 0 Å². The van der Waals surface area contributed by atoms with Crippen molar-refractivity contribution in [3.05, 3.63) is 71.3 Å². The molecule has 0 aliphatic rings. The van der Waals surface area contributed by atoms with E-state index in [0.717, 1.165) is 0 Å². The van der Waals surface area contributed by atoms with Crippen molar-refractivity contribution in [1.82, 2.24) is 10.0 Å². The number of nitrogens with one attached hydrogen (secondary N) is 2. The molecule has 0 radical (unpaired) electrons. The van der Waals surface area contributed by atoms with Gasteiger partial charge in [-0.3, -0.25) is 19.1 Å². The fraction of sp³-hybridized carbons (Fsp3) is 0.400. The highest BCUT2D eigenvalue weighted by Gasteiger charge is 2.21. The van der Waals surface area contributed by atoms with Gasteiger partial charge in [0.25, 0.3) is 0 Å². The van der Waals surface area contributed by atoms with E-state index in [-0.39, 0.29) is 17.4 Å². The molecule has 2 aromatic rings. The van der Waals surface area contributed by atoms with E-state index >= 15 is 0 Å². The first-order valence-electron chi connectivity index (χ1n) is 11.6. The predicted octanol–water partition coefficient (Wildman–Crippen LogP) is 2.42. The molecule has 0 saturated heterocycles. The average molecular weight is 504 g/mol. The number of rotatable bonds is 15. The third-order valence-electron chi connectivity index (χ3n) is 5.44. The summed E-state index contributed by atoms with van der Waals surface area (Å²) in [6.45, 7) is 2.44. The number of amides is 2. The second-order valence-corrected chi connectivity index (χ2v) is 10.1. The summed E-state index contributed by atoms with van der Waals surface area (Å²) >= 11 is 0. The van der Waals surface area contributed by atoms with Crippen LogP contribution in [0.2, 0.25) is 0 Å². The molecule has 10 heteroatoms. The number of sulfonamides is 1. The molecule has 0 fully saturated rings. The molecule has 0 heterocycles. The number of ketones is 1. The molecular formula is C25H33N3O6S. The molecule has 0 aliphatic carbocycles. The summed E-state index contributed by atoms with van der Waals surface area (Å²) < 4.78 is 26.7. The average Bonchev–Trinajstić information content (AvgIpc) is 2.85. The van der Waals surface area contributed by atoms with E-state index in [1.165, 1.54) is 0 Å². The minimum atomic E-state index is -3.79. The highest BCUT2D eigenvalue weighted by atomic mass is 32.2. The zero-order valence-electron chi connectivity index (χ0n) is 19.9. The number of nitrogens with two attached hydrogens (primary N) is 1. The van der Waals surface area contributed by atoms with Crippen LogP contribution in [0, 0.1) is 0 Å². The number of hydrogen-bond donors (Lipinski definition) is 3. The normalized spacial score (nSPS) is 12.1. The van der Waals surface area contributed by atoms with Gasteiger partial charge >= 0.3 is 0 Å². The van der Waals surface area contributed by atoms with Crippen molar-refractivity contribution in [3.8, 4) is 0 Å². The first-order chi connectivity index (χ1) is 16.7. The Morgan fingerprint density at radius 2 is 1.57 bits per heavy atom. The highest BCUT2D eigenvalue weighted by molar-refractivity contribution is 7.90. The minimum Gasteiger partial charge on any atom is -0.356 e. The molecular weight excluding hydrogens is 470 g/mol. The van der Waals surface area contributed by atoms with Crippen LogP contribution in [0.25, 0.3) is 0 Å². The highest BCUT2D eigenvalue weighted by Crippen LogP contribution is 2.18. The van der Waals surface area contributed by atoms with Gasteiger partial charge in [0.1, 0.15) is 0 Å². The first kappa shape index (κ1) is 28.2. The van der Waals surface area contributed by atoms with E-state index in [1.807, 2.05) is 6.07 Å². The van der Waals surface area contributed by atoms with Crippen molar-refractivity contribution in [2.75, 3.05) is 18.9 Å². The molecule has 1 unspecified atom stereocenters. The van der Waals surface area contributed by atoms with E-state index < -0.39 is 21.8 Å². The van der Waals surface area contributed by atoms with Gasteiger partial charge in [-0.15, -0.1) is 0 Å². The Morgan fingerprint density at radius 3 is 2.23 bits per heavy atom. The molecule has 0 bridgehead atoms. The van der Waals surface area contributed by atoms with E-state index in [1.54, 1.807) is 55.5 Å². The number of benzene rings is 2. The summed E-state index contributed by atoms with van der Waals surface area (Å²) in [5.41, 5.74) is 1.65. The van der Waals surface area contributed by atoms with Gasteiger partial charge in [-0.05, 0) is 31.7 Å². The Hall–Kier alpha value is -3.08. The van der Waals surface area contributed by atoms with Gasteiger partial charge in [0.2, 0.25) is 21.8 Å². The number of hydrogen-bond acceptors (Lipinski definition) is 7. The molecule has 0 aliphatic heterocycles. The Bertz CT molecular complexity index is 1070. The fourth-order valence-electron chi connectivity index (χ4n) is 3.35. The summed E-state index contributed by atoms with van der Waals surface area (Å²) in [7, 11) is -3.79. The molecule has 2 amide bonds. The van der Waals surface area contributed by atoms with Crippen LogP contribution in [0.3, 0.4) is 0 Å². The summed E-state index contributed by atoms with van der Waals surface area (Å²) in [5.74, 6) is 3.12. The number of carbonyl (C=O) groups excluding carboxylic acids is 3. The van der Waals surface area contributed by atoms with Crippen LogP contribution in [0.4, 0.5) is 0 Å². The van der Waals surface area contributed by atoms with Crippen LogP contribution in [0.15, 0.2) is 54.6 Å². The van der Waals surface area contributed by atoms with Gasteiger partial charge in [-0.2, -0.15) is 0 Å². The Morgan fingerprint density at radius 1 is 0.914 bits per heavy atom. The lowest BCUT2D eigenvalue weighted by molar-refractivity contribution is -0.121. The van der Waals surface area contributed by atoms with E-state index in [0.29, 0.717) is 61.9 Å². The van der Waals surface area contributed by atoms with Gasteiger partial charge in [-0.1, -0.05) is 61.0 Å². The van der Waals surface area contributed by atoms with Crippen LogP contribution < -0.4 is 15.9 Å². The molecule has 190 valence electrons. The molecule has 1 atom stereocenters. The minimum absolute atomic E-state index is 0.108. The van der Waals surface area contributed by atoms with Crippen LogP contribution in [0.5, 0.6) is 0 Å². The standard InChI is InChI=1S/C25H33N3O6S/c1-19(20-12-14-22(15-13-20)24(30)21-9-4-2-5-10-21)25(31)28-35(32,33)18-7-3-6-11-23(29)27-16-8-17-34-26/h2,4-5,9-10,12-15,19H,3,6-8,11,16-18,26H2,1H3,(H,27,29)(H,28,31). The van der Waals surface area contributed by atoms with Crippen molar-refractivity contribution >= 4 is 27.6 Å². The van der Waals surface area contributed by atoms with E-state index in [2.05, 4.69) is 14.9 Å². The van der Waals surface area contributed by atoms with E-state index in [4.69, 9.17) is 5.90 Å². The van der Waals surface area contributed by atoms with Gasteiger partial charge in [-0.25, -0.2) is 14.3 Å². The largest absolute Gasteiger partial charge is 0.356 e. The SMILES string of the molecule is CC(C(=O)NS(=O)(=O)CCCCCC(=O)NCCCON)c1ccc(C(=O)c2ccccc2)cc1. The summed E-state index contributed by atoms with van der Waals surface area (Å²) in [5, 5.41) is 2.73. The maximum atomic E-state index is 12.5. The van der Waals surface area contributed by atoms with Crippen LogP contribution in [-0.4, -0.2) is 44.9 Å². The van der Waals surface area contributed by atoms with Crippen molar-refractivity contribution < 1.29 is 27.6 Å². The molecule has 4 N–H and O–H groups in total. The molecule has 35 heavy (non-hydrogen) atoms. The van der Waals surface area contributed by atoms with Crippen molar-refractivity contribution in [2.45, 2.75) is 44.9 Å². The Balaban J connectivity index is 1.76. The van der Waals surface area contributed by atoms with Gasteiger partial charge in [0.05, 0.1) is 18.3 Å². The van der Waals surface area contributed by atoms with Gasteiger partial charge in [0.15, 0.2) is 5.78 Å². The molecule has 0 spiro atoms. The van der Waals surface area contributed by atoms with Gasteiger partial charge in [0, 0.05) is 24.1 Å². The smallest absolute Gasteiger partial charge is 0.240 e. The Labute approximate surface area is 206 Å².